The van der Waals surface area contributed by atoms with Crippen LogP contribution in [0.2, 0.25) is 0 Å². The quantitative estimate of drug-likeness (QED) is 0.877. The number of aromatic nitrogens is 2. The van der Waals surface area contributed by atoms with Crippen molar-refractivity contribution in [3.05, 3.63) is 52.3 Å². The molecule has 0 saturated heterocycles. The van der Waals surface area contributed by atoms with E-state index in [0.717, 1.165) is 12.2 Å². The lowest BCUT2D eigenvalue weighted by Crippen LogP contribution is -2.06. The molecule has 1 aromatic carbocycles. The van der Waals surface area contributed by atoms with Gasteiger partial charge in [-0.2, -0.15) is 5.10 Å². The molecule has 17 heavy (non-hydrogen) atoms. The molecule has 0 aliphatic heterocycles. The minimum absolute atomic E-state index is 0.598. The molecule has 0 bridgehead atoms. The number of aryl methyl sites for hydroxylation is 3. The molecule has 1 aromatic heterocycles. The van der Waals surface area contributed by atoms with Gasteiger partial charge in [0.1, 0.15) is 0 Å². The zero-order chi connectivity index (χ0) is 12.4. The van der Waals surface area contributed by atoms with Crippen molar-refractivity contribution in [3.63, 3.8) is 0 Å². The molecule has 3 heteroatoms. The van der Waals surface area contributed by atoms with Crippen molar-refractivity contribution < 1.29 is 0 Å². The van der Waals surface area contributed by atoms with Crippen LogP contribution in [0, 0.1) is 20.8 Å². The molecule has 1 heterocycles. The zero-order valence-electron chi connectivity index (χ0n) is 10.7. The van der Waals surface area contributed by atoms with Crippen LogP contribution >= 0.6 is 0 Å². The summed E-state index contributed by atoms with van der Waals surface area (Å²) >= 11 is 0. The molecule has 3 nitrogen and oxygen atoms in total. The highest BCUT2D eigenvalue weighted by Crippen LogP contribution is 2.13. The maximum absolute atomic E-state index is 5.63. The van der Waals surface area contributed by atoms with Gasteiger partial charge in [-0.1, -0.05) is 18.2 Å². The first-order chi connectivity index (χ1) is 8.10. The van der Waals surface area contributed by atoms with Gasteiger partial charge < -0.3 is 5.73 Å². The van der Waals surface area contributed by atoms with Gasteiger partial charge in [-0.05, 0) is 43.5 Å². The predicted molar refractivity (Wildman–Crippen MR) is 69.9 cm³/mol. The van der Waals surface area contributed by atoms with Gasteiger partial charge in [0.25, 0.3) is 0 Å². The van der Waals surface area contributed by atoms with Crippen LogP contribution in [0.4, 0.5) is 0 Å². The first kappa shape index (κ1) is 11.9. The van der Waals surface area contributed by atoms with Crippen molar-refractivity contribution in [3.8, 4) is 0 Å². The molecule has 0 radical (unpaired) electrons. The first-order valence-electron chi connectivity index (χ1n) is 5.89. The summed E-state index contributed by atoms with van der Waals surface area (Å²) in [5, 5.41) is 4.48. The molecule has 0 spiro atoms. The second kappa shape index (κ2) is 4.72. The molecule has 0 amide bonds. The maximum Gasteiger partial charge on any atom is 0.0665 e. The molecule has 0 fully saturated rings. The summed E-state index contributed by atoms with van der Waals surface area (Å²) in [5.74, 6) is 0. The van der Waals surface area contributed by atoms with E-state index in [0.29, 0.717) is 6.54 Å². The van der Waals surface area contributed by atoms with E-state index in [1.54, 1.807) is 0 Å². The highest BCUT2D eigenvalue weighted by atomic mass is 15.3. The summed E-state index contributed by atoms with van der Waals surface area (Å²) in [5.41, 5.74) is 11.7. The van der Waals surface area contributed by atoms with Crippen LogP contribution in [-0.4, -0.2) is 9.78 Å². The van der Waals surface area contributed by atoms with Crippen LogP contribution in [0.15, 0.2) is 24.3 Å². The second-order valence-corrected chi connectivity index (χ2v) is 4.55. The number of nitrogens with two attached hydrogens (primary N) is 1. The summed E-state index contributed by atoms with van der Waals surface area (Å²) in [6, 6.07) is 8.49. The molecular formula is C14H19N3. The third kappa shape index (κ3) is 2.56. The summed E-state index contributed by atoms with van der Waals surface area (Å²) < 4.78 is 2.04. The first-order valence-corrected chi connectivity index (χ1v) is 5.89. The van der Waals surface area contributed by atoms with E-state index >= 15 is 0 Å². The summed E-state index contributed by atoms with van der Waals surface area (Å²) in [6.07, 6.45) is 0. The van der Waals surface area contributed by atoms with Crippen LogP contribution in [0.3, 0.4) is 0 Å². The van der Waals surface area contributed by atoms with Crippen molar-refractivity contribution in [2.24, 2.45) is 5.73 Å². The Bertz CT molecular complexity index is 526. The van der Waals surface area contributed by atoms with Gasteiger partial charge in [-0.15, -0.1) is 0 Å². The van der Waals surface area contributed by atoms with Gasteiger partial charge in [-0.25, -0.2) is 0 Å². The Balaban J connectivity index is 2.27. The second-order valence-electron chi connectivity index (χ2n) is 4.55. The average molecular weight is 229 g/mol. The third-order valence-electron chi connectivity index (χ3n) is 3.07. The monoisotopic (exact) mass is 229 g/mol. The van der Waals surface area contributed by atoms with Gasteiger partial charge in [0.2, 0.25) is 0 Å². The smallest absolute Gasteiger partial charge is 0.0665 e. The molecule has 2 rings (SSSR count). The van der Waals surface area contributed by atoms with Gasteiger partial charge in [0.05, 0.1) is 12.2 Å². The molecule has 0 atom stereocenters. The zero-order valence-corrected chi connectivity index (χ0v) is 10.7. The fourth-order valence-corrected chi connectivity index (χ4v) is 2.06. The Morgan fingerprint density at radius 1 is 1.18 bits per heavy atom. The van der Waals surface area contributed by atoms with E-state index in [1.807, 2.05) is 11.6 Å². The fraction of sp³-hybridized carbons (Fsp3) is 0.357. The predicted octanol–water partition coefficient (Wildman–Crippen LogP) is 2.32. The molecule has 0 aliphatic carbocycles. The lowest BCUT2D eigenvalue weighted by atomic mass is 10.1. The molecule has 2 N–H and O–H groups in total. The number of benzene rings is 1. The van der Waals surface area contributed by atoms with E-state index < -0.39 is 0 Å². The van der Waals surface area contributed by atoms with Gasteiger partial charge in [-0.3, -0.25) is 4.68 Å². The van der Waals surface area contributed by atoms with Crippen molar-refractivity contribution >= 4 is 0 Å². The topological polar surface area (TPSA) is 43.8 Å². The molecule has 0 unspecified atom stereocenters. The van der Waals surface area contributed by atoms with Crippen LogP contribution in [0.25, 0.3) is 0 Å². The minimum atomic E-state index is 0.598. The Hall–Kier alpha value is -1.61. The average Bonchev–Trinajstić information content (AvgIpc) is 2.60. The summed E-state index contributed by atoms with van der Waals surface area (Å²) in [7, 11) is 0. The standard InChI is InChI=1S/C14H19N3/c1-10-6-13(8-15)4-5-14(10)9-17-12(3)7-11(2)16-17/h4-7H,8-9,15H2,1-3H3. The van der Waals surface area contributed by atoms with Gasteiger partial charge in [0.15, 0.2) is 0 Å². The molecule has 2 aromatic rings. The van der Waals surface area contributed by atoms with Crippen LogP contribution in [0.1, 0.15) is 28.1 Å². The van der Waals surface area contributed by atoms with Gasteiger partial charge in [0, 0.05) is 12.2 Å². The number of hydrogen-bond acceptors (Lipinski definition) is 2. The lowest BCUT2D eigenvalue weighted by Gasteiger charge is -2.09. The van der Waals surface area contributed by atoms with Crippen molar-refractivity contribution in [1.29, 1.82) is 0 Å². The molecule has 0 saturated carbocycles. The van der Waals surface area contributed by atoms with Crippen molar-refractivity contribution in [2.75, 3.05) is 0 Å². The SMILES string of the molecule is Cc1cc(C)n(Cc2ccc(CN)cc2C)n1. The van der Waals surface area contributed by atoms with Crippen molar-refractivity contribution in [2.45, 2.75) is 33.9 Å². The minimum Gasteiger partial charge on any atom is -0.326 e. The van der Waals surface area contributed by atoms with Crippen LogP contribution in [0.5, 0.6) is 0 Å². The van der Waals surface area contributed by atoms with E-state index in [9.17, 15) is 0 Å². The van der Waals surface area contributed by atoms with Gasteiger partial charge >= 0.3 is 0 Å². The molecular weight excluding hydrogens is 210 g/mol. The van der Waals surface area contributed by atoms with E-state index in [-0.39, 0.29) is 0 Å². The highest BCUT2D eigenvalue weighted by Gasteiger charge is 2.04. The number of nitrogens with zero attached hydrogens (tertiary/aromatic N) is 2. The fourth-order valence-electron chi connectivity index (χ4n) is 2.06. The van der Waals surface area contributed by atoms with Crippen LogP contribution < -0.4 is 5.73 Å². The number of hydrogen-bond donors (Lipinski definition) is 1. The van der Waals surface area contributed by atoms with E-state index in [2.05, 4.69) is 43.2 Å². The largest absolute Gasteiger partial charge is 0.326 e. The molecule has 0 aliphatic rings. The van der Waals surface area contributed by atoms with Crippen LogP contribution in [-0.2, 0) is 13.1 Å². The maximum atomic E-state index is 5.63. The normalized spacial score (nSPS) is 10.8. The Labute approximate surface area is 102 Å². The third-order valence-corrected chi connectivity index (χ3v) is 3.07. The lowest BCUT2D eigenvalue weighted by molar-refractivity contribution is 0.656. The Morgan fingerprint density at radius 2 is 1.94 bits per heavy atom. The van der Waals surface area contributed by atoms with E-state index in [1.165, 1.54) is 22.4 Å². The van der Waals surface area contributed by atoms with Crippen molar-refractivity contribution in [1.82, 2.24) is 9.78 Å². The summed E-state index contributed by atoms with van der Waals surface area (Å²) in [6.45, 7) is 7.66. The molecule has 90 valence electrons. The highest BCUT2D eigenvalue weighted by molar-refractivity contribution is 5.31. The Kier molecular flexibility index (Phi) is 3.29. The van der Waals surface area contributed by atoms with E-state index in [4.69, 9.17) is 5.73 Å². The number of rotatable bonds is 3. The summed E-state index contributed by atoms with van der Waals surface area (Å²) in [4.78, 5) is 0. The Morgan fingerprint density at radius 3 is 2.47 bits per heavy atom.